The fourth-order valence-electron chi connectivity index (χ4n) is 3.78. The number of hydrogen-bond acceptors (Lipinski definition) is 5. The van der Waals surface area contributed by atoms with E-state index in [1.165, 1.54) is 0 Å². The summed E-state index contributed by atoms with van der Waals surface area (Å²) >= 11 is 0. The molecule has 1 saturated heterocycles. The lowest BCUT2D eigenvalue weighted by Gasteiger charge is -2.35. The van der Waals surface area contributed by atoms with E-state index < -0.39 is 0 Å². The quantitative estimate of drug-likeness (QED) is 0.578. The summed E-state index contributed by atoms with van der Waals surface area (Å²) in [7, 11) is 0. The number of piperazine rings is 1. The van der Waals surface area contributed by atoms with Gasteiger partial charge in [-0.15, -0.1) is 0 Å². The molecule has 2 aromatic carbocycles. The van der Waals surface area contributed by atoms with Gasteiger partial charge in [0.25, 0.3) is 5.91 Å². The molecule has 4 rings (SSSR count). The fraction of sp³-hybridized carbons (Fsp3) is 0.346. The minimum atomic E-state index is 0.0385. The van der Waals surface area contributed by atoms with E-state index in [1.54, 1.807) is 0 Å². The van der Waals surface area contributed by atoms with Crippen LogP contribution in [0.5, 0.6) is 5.75 Å². The maximum Gasteiger partial charge on any atom is 0.254 e. The number of benzene rings is 2. The van der Waals surface area contributed by atoms with Gasteiger partial charge >= 0.3 is 0 Å². The fourth-order valence-corrected chi connectivity index (χ4v) is 3.78. The number of ether oxygens (including phenoxy) is 1. The molecule has 0 spiro atoms. The molecule has 6 heteroatoms. The van der Waals surface area contributed by atoms with Crippen molar-refractivity contribution in [3.05, 3.63) is 83.3 Å². The van der Waals surface area contributed by atoms with Gasteiger partial charge in [-0.25, -0.2) is 9.97 Å². The van der Waals surface area contributed by atoms with Crippen LogP contribution in [-0.2, 0) is 6.61 Å². The Morgan fingerprint density at radius 1 is 0.969 bits per heavy atom. The lowest BCUT2D eigenvalue weighted by atomic mass is 10.1. The highest BCUT2D eigenvalue weighted by atomic mass is 16.5. The predicted octanol–water partition coefficient (Wildman–Crippen LogP) is 4.45. The molecule has 0 bridgehead atoms. The Morgan fingerprint density at radius 3 is 2.44 bits per heavy atom. The van der Waals surface area contributed by atoms with Crippen LogP contribution in [0.4, 0.5) is 5.82 Å². The Morgan fingerprint density at radius 2 is 1.72 bits per heavy atom. The number of carbonyl (C=O) groups is 1. The van der Waals surface area contributed by atoms with E-state index in [0.29, 0.717) is 31.0 Å². The highest BCUT2D eigenvalue weighted by Crippen LogP contribution is 2.21. The standard InChI is InChI=1S/C26H30N4O2/c1-19(2)25-27-20(3)16-24(28-25)29-12-14-30(15-13-29)26(31)22-10-7-11-23(17-22)32-18-21-8-5-4-6-9-21/h4-11,16-17,19H,12-15,18H2,1-3H3. The Balaban J connectivity index is 1.37. The van der Waals surface area contributed by atoms with Gasteiger partial charge in [-0.3, -0.25) is 4.79 Å². The van der Waals surface area contributed by atoms with E-state index in [0.717, 1.165) is 36.0 Å². The average Bonchev–Trinajstić information content (AvgIpc) is 2.83. The summed E-state index contributed by atoms with van der Waals surface area (Å²) in [5.74, 6) is 2.84. The Hall–Kier alpha value is -3.41. The van der Waals surface area contributed by atoms with E-state index in [-0.39, 0.29) is 11.8 Å². The number of rotatable bonds is 6. The van der Waals surface area contributed by atoms with Crippen molar-refractivity contribution in [1.29, 1.82) is 0 Å². The van der Waals surface area contributed by atoms with Crippen LogP contribution >= 0.6 is 0 Å². The van der Waals surface area contributed by atoms with Crippen LogP contribution in [0.3, 0.4) is 0 Å². The van der Waals surface area contributed by atoms with Gasteiger partial charge in [0, 0.05) is 49.4 Å². The molecule has 1 aromatic heterocycles. The maximum atomic E-state index is 13.1. The second-order valence-corrected chi connectivity index (χ2v) is 8.46. The third kappa shape index (κ3) is 5.25. The van der Waals surface area contributed by atoms with E-state index in [4.69, 9.17) is 9.72 Å². The minimum absolute atomic E-state index is 0.0385. The molecule has 1 aliphatic heterocycles. The number of nitrogens with zero attached hydrogens (tertiary/aromatic N) is 4. The summed E-state index contributed by atoms with van der Waals surface area (Å²) in [4.78, 5) is 26.5. The van der Waals surface area contributed by atoms with Crippen molar-refractivity contribution >= 4 is 11.7 Å². The maximum absolute atomic E-state index is 13.1. The molecule has 0 unspecified atom stereocenters. The van der Waals surface area contributed by atoms with Crippen molar-refractivity contribution in [3.8, 4) is 5.75 Å². The number of aromatic nitrogens is 2. The summed E-state index contributed by atoms with van der Waals surface area (Å²) in [5, 5.41) is 0. The minimum Gasteiger partial charge on any atom is -0.489 e. The van der Waals surface area contributed by atoms with Gasteiger partial charge in [0.05, 0.1) is 0 Å². The molecule has 1 aliphatic rings. The normalized spacial score (nSPS) is 14.0. The molecule has 3 aromatic rings. The predicted molar refractivity (Wildman–Crippen MR) is 126 cm³/mol. The van der Waals surface area contributed by atoms with Crippen LogP contribution in [0.25, 0.3) is 0 Å². The van der Waals surface area contributed by atoms with Crippen LogP contribution < -0.4 is 9.64 Å². The molecule has 1 amide bonds. The molecular formula is C26H30N4O2. The lowest BCUT2D eigenvalue weighted by molar-refractivity contribution is 0.0746. The molecule has 0 atom stereocenters. The summed E-state index contributed by atoms with van der Waals surface area (Å²) in [6.07, 6.45) is 0. The van der Waals surface area contributed by atoms with Gasteiger partial charge in [0.2, 0.25) is 0 Å². The number of hydrogen-bond donors (Lipinski definition) is 0. The molecule has 166 valence electrons. The zero-order valence-corrected chi connectivity index (χ0v) is 19.0. The number of anilines is 1. The van der Waals surface area contributed by atoms with Crippen LogP contribution in [0, 0.1) is 6.92 Å². The Kier molecular flexibility index (Phi) is 6.69. The molecule has 0 saturated carbocycles. The van der Waals surface area contributed by atoms with Gasteiger partial charge in [-0.2, -0.15) is 0 Å². The van der Waals surface area contributed by atoms with Crippen molar-refractivity contribution in [2.75, 3.05) is 31.1 Å². The van der Waals surface area contributed by atoms with E-state index in [1.807, 2.05) is 72.5 Å². The van der Waals surface area contributed by atoms with Crippen molar-refractivity contribution in [3.63, 3.8) is 0 Å². The smallest absolute Gasteiger partial charge is 0.254 e. The second kappa shape index (κ2) is 9.81. The van der Waals surface area contributed by atoms with Crippen LogP contribution in [0.2, 0.25) is 0 Å². The summed E-state index contributed by atoms with van der Waals surface area (Å²) in [5.41, 5.74) is 2.73. The van der Waals surface area contributed by atoms with Crippen molar-refractivity contribution in [1.82, 2.24) is 14.9 Å². The molecule has 0 radical (unpaired) electrons. The van der Waals surface area contributed by atoms with Gasteiger partial charge in [-0.1, -0.05) is 50.2 Å². The average molecular weight is 431 g/mol. The number of carbonyl (C=O) groups excluding carboxylic acids is 1. The zero-order valence-electron chi connectivity index (χ0n) is 19.0. The lowest BCUT2D eigenvalue weighted by Crippen LogP contribution is -2.49. The highest BCUT2D eigenvalue weighted by molar-refractivity contribution is 5.94. The van der Waals surface area contributed by atoms with E-state index >= 15 is 0 Å². The molecule has 1 fully saturated rings. The third-order valence-electron chi connectivity index (χ3n) is 5.59. The number of aryl methyl sites for hydroxylation is 1. The SMILES string of the molecule is Cc1cc(N2CCN(C(=O)c3cccc(OCc4ccccc4)c3)CC2)nc(C(C)C)n1. The number of amides is 1. The Bertz CT molecular complexity index is 1060. The molecule has 2 heterocycles. The van der Waals surface area contributed by atoms with Crippen LogP contribution in [0.15, 0.2) is 60.7 Å². The van der Waals surface area contributed by atoms with Gasteiger partial charge < -0.3 is 14.5 Å². The first-order valence-corrected chi connectivity index (χ1v) is 11.2. The van der Waals surface area contributed by atoms with E-state index in [9.17, 15) is 4.79 Å². The van der Waals surface area contributed by atoms with Gasteiger partial charge in [0.1, 0.15) is 24.0 Å². The molecule has 6 nitrogen and oxygen atoms in total. The summed E-state index contributed by atoms with van der Waals surface area (Å²) in [6.45, 7) is 9.52. The molecular weight excluding hydrogens is 400 g/mol. The van der Waals surface area contributed by atoms with Gasteiger partial charge in [0.15, 0.2) is 0 Å². The Labute approximate surface area is 189 Å². The molecule has 32 heavy (non-hydrogen) atoms. The summed E-state index contributed by atoms with van der Waals surface area (Å²) in [6, 6.07) is 19.5. The first-order valence-electron chi connectivity index (χ1n) is 11.2. The van der Waals surface area contributed by atoms with Crippen molar-refractivity contribution in [2.24, 2.45) is 0 Å². The summed E-state index contributed by atoms with van der Waals surface area (Å²) < 4.78 is 5.89. The second-order valence-electron chi connectivity index (χ2n) is 8.46. The third-order valence-corrected chi connectivity index (χ3v) is 5.59. The van der Waals surface area contributed by atoms with E-state index in [2.05, 4.69) is 23.7 Å². The van der Waals surface area contributed by atoms with Crippen LogP contribution in [-0.4, -0.2) is 47.0 Å². The monoisotopic (exact) mass is 430 g/mol. The highest BCUT2D eigenvalue weighted by Gasteiger charge is 2.24. The molecule has 0 N–H and O–H groups in total. The van der Waals surface area contributed by atoms with Gasteiger partial charge in [-0.05, 0) is 30.7 Å². The van der Waals surface area contributed by atoms with Crippen molar-refractivity contribution in [2.45, 2.75) is 33.3 Å². The first kappa shape index (κ1) is 21.8. The molecule has 0 aliphatic carbocycles. The zero-order chi connectivity index (χ0) is 22.5. The van der Waals surface area contributed by atoms with Crippen LogP contribution in [0.1, 0.15) is 47.2 Å². The van der Waals surface area contributed by atoms with Crippen molar-refractivity contribution < 1.29 is 9.53 Å². The first-order chi connectivity index (χ1) is 15.5. The topological polar surface area (TPSA) is 58.6 Å². The largest absolute Gasteiger partial charge is 0.489 e.